The minimum atomic E-state index is -0.321. The second kappa shape index (κ2) is 9.23. The van der Waals surface area contributed by atoms with Gasteiger partial charge in [-0.15, -0.1) is 16.4 Å². The lowest BCUT2D eigenvalue weighted by atomic mass is 10.1. The molecule has 0 unspecified atom stereocenters. The molecule has 0 saturated carbocycles. The molecule has 0 radical (unpaired) electrons. The minimum Gasteiger partial charge on any atom is -0.475 e. The Bertz CT molecular complexity index is 1380. The molecule has 4 aromatic rings. The van der Waals surface area contributed by atoms with Crippen LogP contribution in [0.5, 0.6) is 0 Å². The first-order valence-electron chi connectivity index (χ1n) is 10.1. The first-order chi connectivity index (χ1) is 15.5. The maximum absolute atomic E-state index is 12.3. The molecule has 0 aliphatic rings. The molecular weight excluding hydrogens is 426 g/mol. The Morgan fingerprint density at radius 2 is 2.03 bits per heavy atom. The van der Waals surface area contributed by atoms with Gasteiger partial charge in [0.1, 0.15) is 6.61 Å². The van der Waals surface area contributed by atoms with Gasteiger partial charge in [-0.1, -0.05) is 25.1 Å². The molecule has 0 fully saturated rings. The average molecular weight is 450 g/mol. The van der Waals surface area contributed by atoms with Crippen LogP contribution in [0.4, 0.5) is 0 Å². The van der Waals surface area contributed by atoms with E-state index in [0.717, 1.165) is 32.6 Å². The molecule has 0 atom stereocenters. The second-order valence-electron chi connectivity index (χ2n) is 7.23. The van der Waals surface area contributed by atoms with Gasteiger partial charge in [-0.2, -0.15) is 14.5 Å². The third kappa shape index (κ3) is 4.35. The number of nitrogens with zero attached hydrogens (tertiary/aromatic N) is 7. The van der Waals surface area contributed by atoms with Crippen molar-refractivity contribution >= 4 is 33.2 Å². The summed E-state index contributed by atoms with van der Waals surface area (Å²) in [6.07, 6.45) is 0.578. The van der Waals surface area contributed by atoms with E-state index in [1.807, 2.05) is 62.7 Å². The van der Waals surface area contributed by atoms with Crippen LogP contribution in [-0.2, 0) is 18.4 Å². The van der Waals surface area contributed by atoms with Gasteiger partial charge >= 0.3 is 5.69 Å². The number of aromatic nitrogens is 5. The molecule has 0 bridgehead atoms. The molecular formula is C22H23N7O2S. The summed E-state index contributed by atoms with van der Waals surface area (Å²) in [6, 6.07) is 11.7. The van der Waals surface area contributed by atoms with Gasteiger partial charge in [0.2, 0.25) is 5.90 Å². The van der Waals surface area contributed by atoms with Gasteiger partial charge in [0.15, 0.2) is 0 Å². The number of thiazole rings is 1. The fraction of sp³-hybridized carbons (Fsp3) is 0.273. The van der Waals surface area contributed by atoms with Crippen LogP contribution in [0.2, 0.25) is 0 Å². The van der Waals surface area contributed by atoms with E-state index in [-0.39, 0.29) is 12.3 Å². The maximum Gasteiger partial charge on any atom is 0.368 e. The molecule has 2 aromatic heterocycles. The number of rotatable bonds is 6. The Hall–Kier alpha value is -3.66. The Kier molecular flexibility index (Phi) is 6.22. The fourth-order valence-corrected chi connectivity index (χ4v) is 3.83. The fourth-order valence-electron chi connectivity index (χ4n) is 3.17. The molecule has 0 spiro atoms. The van der Waals surface area contributed by atoms with Crippen molar-refractivity contribution in [2.75, 3.05) is 0 Å². The van der Waals surface area contributed by atoms with Gasteiger partial charge in [-0.3, -0.25) is 0 Å². The molecule has 0 amide bonds. The zero-order chi connectivity index (χ0) is 22.7. The van der Waals surface area contributed by atoms with Crippen LogP contribution >= 0.6 is 11.3 Å². The number of benzene rings is 2. The van der Waals surface area contributed by atoms with Crippen molar-refractivity contribution in [3.8, 4) is 5.69 Å². The SMILES string of the molecule is CCC(=NN=C(C)c1ccc2scnc2c1)OCc1c(C)cccc1-n1nnn(C)c1=O. The van der Waals surface area contributed by atoms with Crippen molar-refractivity contribution in [2.45, 2.75) is 33.8 Å². The summed E-state index contributed by atoms with van der Waals surface area (Å²) < 4.78 is 9.57. The number of ether oxygens (including phenoxy) is 1. The Labute approximate surface area is 188 Å². The number of hydrogen-bond donors (Lipinski definition) is 0. The van der Waals surface area contributed by atoms with Crippen molar-refractivity contribution in [2.24, 2.45) is 17.3 Å². The predicted molar refractivity (Wildman–Crippen MR) is 126 cm³/mol. The smallest absolute Gasteiger partial charge is 0.368 e. The quantitative estimate of drug-likeness (QED) is 0.254. The highest BCUT2D eigenvalue weighted by atomic mass is 32.1. The van der Waals surface area contributed by atoms with E-state index < -0.39 is 0 Å². The Morgan fingerprint density at radius 3 is 2.78 bits per heavy atom. The van der Waals surface area contributed by atoms with Crippen molar-refractivity contribution in [1.29, 1.82) is 0 Å². The summed E-state index contributed by atoms with van der Waals surface area (Å²) in [6.45, 7) is 6.06. The summed E-state index contributed by atoms with van der Waals surface area (Å²) in [5.74, 6) is 0.500. The normalized spacial score (nSPS) is 12.5. The van der Waals surface area contributed by atoms with E-state index in [1.54, 1.807) is 18.4 Å². The van der Waals surface area contributed by atoms with Gasteiger partial charge in [0.05, 0.1) is 27.1 Å². The minimum absolute atomic E-state index is 0.233. The molecule has 10 heteroatoms. The Morgan fingerprint density at radius 1 is 1.19 bits per heavy atom. The summed E-state index contributed by atoms with van der Waals surface area (Å²) in [5, 5.41) is 16.4. The van der Waals surface area contributed by atoms with Crippen LogP contribution in [0.1, 0.15) is 37.0 Å². The summed E-state index contributed by atoms with van der Waals surface area (Å²) in [7, 11) is 1.56. The maximum atomic E-state index is 12.3. The highest BCUT2D eigenvalue weighted by Gasteiger charge is 2.14. The highest BCUT2D eigenvalue weighted by molar-refractivity contribution is 7.16. The average Bonchev–Trinajstić information content (AvgIpc) is 3.40. The van der Waals surface area contributed by atoms with Crippen LogP contribution in [0.15, 0.2) is 56.9 Å². The Balaban J connectivity index is 1.56. The summed E-state index contributed by atoms with van der Waals surface area (Å²) in [5.41, 5.74) is 6.65. The molecule has 0 saturated heterocycles. The zero-order valence-electron chi connectivity index (χ0n) is 18.3. The summed E-state index contributed by atoms with van der Waals surface area (Å²) >= 11 is 1.61. The summed E-state index contributed by atoms with van der Waals surface area (Å²) in [4.78, 5) is 16.7. The first kappa shape index (κ1) is 21.6. The molecule has 2 heterocycles. The second-order valence-corrected chi connectivity index (χ2v) is 8.11. The molecule has 32 heavy (non-hydrogen) atoms. The highest BCUT2D eigenvalue weighted by Crippen LogP contribution is 2.20. The number of fused-ring (bicyclic) bond motifs is 1. The van der Waals surface area contributed by atoms with Crippen LogP contribution in [0.25, 0.3) is 15.9 Å². The molecule has 4 rings (SSSR count). The van der Waals surface area contributed by atoms with Crippen LogP contribution in [-0.4, -0.2) is 36.4 Å². The lowest BCUT2D eigenvalue weighted by molar-refractivity contribution is 0.282. The van der Waals surface area contributed by atoms with Gasteiger partial charge in [-0.05, 0) is 53.6 Å². The standard InChI is InChI=1S/C22H23N7O2S/c1-5-21(25-24-15(3)16-9-10-20-18(11-16)23-13-32-20)31-12-17-14(2)7-6-8-19(17)29-22(30)28(4)26-27-29/h6-11,13H,5,12H2,1-4H3. The van der Waals surface area contributed by atoms with Crippen LogP contribution in [0, 0.1) is 6.92 Å². The monoisotopic (exact) mass is 449 g/mol. The topological polar surface area (TPSA) is 99.5 Å². The number of hydrogen-bond acceptors (Lipinski definition) is 8. The van der Waals surface area contributed by atoms with E-state index in [9.17, 15) is 4.79 Å². The van der Waals surface area contributed by atoms with Gasteiger partial charge in [0, 0.05) is 19.0 Å². The third-order valence-electron chi connectivity index (χ3n) is 5.08. The molecule has 0 N–H and O–H groups in total. The molecule has 0 aliphatic carbocycles. The van der Waals surface area contributed by atoms with Crippen molar-refractivity contribution in [1.82, 2.24) is 24.8 Å². The van der Waals surface area contributed by atoms with Crippen molar-refractivity contribution in [3.05, 3.63) is 69.1 Å². The van der Waals surface area contributed by atoms with Crippen LogP contribution < -0.4 is 5.69 Å². The molecule has 2 aromatic carbocycles. The molecule has 164 valence electrons. The lowest BCUT2D eigenvalue weighted by Crippen LogP contribution is -2.23. The van der Waals surface area contributed by atoms with E-state index in [0.29, 0.717) is 18.0 Å². The van der Waals surface area contributed by atoms with E-state index in [2.05, 4.69) is 25.6 Å². The lowest BCUT2D eigenvalue weighted by Gasteiger charge is -2.13. The van der Waals surface area contributed by atoms with E-state index in [1.165, 1.54) is 9.36 Å². The van der Waals surface area contributed by atoms with Crippen molar-refractivity contribution in [3.63, 3.8) is 0 Å². The molecule has 0 aliphatic heterocycles. The number of aryl methyl sites for hydroxylation is 2. The van der Waals surface area contributed by atoms with E-state index in [4.69, 9.17) is 4.74 Å². The zero-order valence-corrected chi connectivity index (χ0v) is 19.1. The largest absolute Gasteiger partial charge is 0.475 e. The third-order valence-corrected chi connectivity index (χ3v) is 5.89. The van der Waals surface area contributed by atoms with Gasteiger partial charge in [-0.25, -0.2) is 9.78 Å². The van der Waals surface area contributed by atoms with Gasteiger partial charge < -0.3 is 4.74 Å². The van der Waals surface area contributed by atoms with Crippen molar-refractivity contribution < 1.29 is 4.74 Å². The number of tetrazole rings is 1. The van der Waals surface area contributed by atoms with Crippen LogP contribution in [0.3, 0.4) is 0 Å². The van der Waals surface area contributed by atoms with Gasteiger partial charge in [0.25, 0.3) is 0 Å². The first-order valence-corrected chi connectivity index (χ1v) is 11.0. The van der Waals surface area contributed by atoms with E-state index >= 15 is 0 Å². The predicted octanol–water partition coefficient (Wildman–Crippen LogP) is 3.63. The molecule has 9 nitrogen and oxygen atoms in total.